The molecule has 0 aliphatic heterocycles. The first-order valence-corrected chi connectivity index (χ1v) is 9.23. The number of primary sulfonamides is 1. The summed E-state index contributed by atoms with van der Waals surface area (Å²) in [5.74, 6) is 0. The summed E-state index contributed by atoms with van der Waals surface area (Å²) in [5, 5.41) is 9.07. The Balaban J connectivity index is 1.86. The fourth-order valence-electron chi connectivity index (χ4n) is 2.68. The Hall–Kier alpha value is -1.44. The molecule has 1 aliphatic carbocycles. The highest BCUT2D eigenvalue weighted by Gasteiger charge is 2.20. The minimum atomic E-state index is -3.67. The number of aryl methyl sites for hydroxylation is 1. The van der Waals surface area contributed by atoms with Gasteiger partial charge in [-0.2, -0.15) is 0 Å². The van der Waals surface area contributed by atoms with Crippen LogP contribution in [0.1, 0.15) is 36.4 Å². The number of hydrogen-bond donors (Lipinski definition) is 2. The lowest BCUT2D eigenvalue weighted by Gasteiger charge is -2.18. The van der Waals surface area contributed by atoms with Crippen LogP contribution in [0.5, 0.6) is 0 Å². The van der Waals surface area contributed by atoms with Crippen LogP contribution >= 0.6 is 11.3 Å². The predicted molar refractivity (Wildman–Crippen MR) is 83.8 cm³/mol. The van der Waals surface area contributed by atoms with Gasteiger partial charge in [0.2, 0.25) is 10.0 Å². The fraction of sp³-hybridized carbons (Fsp3) is 0.357. The maximum absolute atomic E-state index is 11.3. The zero-order valence-electron chi connectivity index (χ0n) is 11.5. The van der Waals surface area contributed by atoms with Crippen molar-refractivity contribution in [3.63, 3.8) is 0 Å². The smallest absolute Gasteiger partial charge is 0.249 e. The lowest BCUT2D eigenvalue weighted by Crippen LogP contribution is -2.11. The third-order valence-electron chi connectivity index (χ3n) is 3.68. The molecule has 3 N–H and O–H groups in total. The summed E-state index contributed by atoms with van der Waals surface area (Å²) in [5.41, 5.74) is 2.64. The first-order chi connectivity index (χ1) is 10.0. The Kier molecular flexibility index (Phi) is 3.97. The lowest BCUT2D eigenvalue weighted by atomic mass is 9.99. The van der Waals surface area contributed by atoms with Crippen LogP contribution in [-0.2, 0) is 16.4 Å². The van der Waals surface area contributed by atoms with Gasteiger partial charge in [0.05, 0.1) is 12.2 Å². The van der Waals surface area contributed by atoms with Crippen LogP contribution in [0.2, 0.25) is 0 Å². The van der Waals surface area contributed by atoms with Crippen molar-refractivity contribution >= 4 is 26.5 Å². The van der Waals surface area contributed by atoms with Crippen molar-refractivity contribution in [3.05, 3.63) is 41.6 Å². The summed E-state index contributed by atoms with van der Waals surface area (Å²) in [6.45, 7) is 0. The Morgan fingerprint density at radius 2 is 2.10 bits per heavy atom. The number of sulfonamides is 1. The average molecular weight is 323 g/mol. The van der Waals surface area contributed by atoms with Gasteiger partial charge in [-0.25, -0.2) is 18.5 Å². The number of rotatable bonds is 3. The summed E-state index contributed by atoms with van der Waals surface area (Å²) in [6, 6.07) is 8.56. The summed E-state index contributed by atoms with van der Waals surface area (Å²) >= 11 is 1.08. The zero-order chi connectivity index (χ0) is 14.9. The normalized spacial score (nSPS) is 18.8. The monoisotopic (exact) mass is 323 g/mol. The van der Waals surface area contributed by atoms with E-state index in [2.05, 4.69) is 28.5 Å². The molecule has 0 amide bonds. The van der Waals surface area contributed by atoms with E-state index in [9.17, 15) is 8.42 Å². The van der Waals surface area contributed by atoms with E-state index < -0.39 is 10.0 Å². The summed E-state index contributed by atoms with van der Waals surface area (Å²) < 4.78 is 22.7. The lowest BCUT2D eigenvalue weighted by molar-refractivity contribution is 0.599. The van der Waals surface area contributed by atoms with E-state index in [1.807, 2.05) is 6.07 Å². The molecule has 1 aromatic heterocycles. The molecule has 2 aromatic rings. The second-order valence-corrected chi connectivity index (χ2v) is 7.99. The average Bonchev–Trinajstić information content (AvgIpc) is 2.82. The van der Waals surface area contributed by atoms with Gasteiger partial charge in [0.15, 0.2) is 9.34 Å². The molecule has 1 heterocycles. The molecule has 1 aromatic carbocycles. The Labute approximate surface area is 128 Å². The van der Waals surface area contributed by atoms with E-state index in [1.54, 1.807) is 0 Å². The maximum Gasteiger partial charge on any atom is 0.249 e. The van der Waals surface area contributed by atoms with Crippen LogP contribution < -0.4 is 10.5 Å². The zero-order valence-corrected chi connectivity index (χ0v) is 13.1. The van der Waals surface area contributed by atoms with Gasteiger partial charge in [0.1, 0.15) is 0 Å². The number of fused-ring (bicyclic) bond motifs is 1. The molecule has 5 nitrogen and oxygen atoms in total. The van der Waals surface area contributed by atoms with Crippen molar-refractivity contribution < 1.29 is 8.42 Å². The van der Waals surface area contributed by atoms with E-state index in [1.165, 1.54) is 23.7 Å². The van der Waals surface area contributed by atoms with Crippen LogP contribution in [0.4, 0.5) is 5.13 Å². The SMILES string of the molecule is NS(=O)(=O)c1cnc(NC2CCCCc3ccccc32)s1. The van der Waals surface area contributed by atoms with Gasteiger partial charge in [-0.15, -0.1) is 0 Å². The number of hydrogen-bond acceptors (Lipinski definition) is 5. The number of nitrogens with two attached hydrogens (primary N) is 1. The van der Waals surface area contributed by atoms with Gasteiger partial charge in [-0.05, 0) is 30.4 Å². The molecule has 112 valence electrons. The molecule has 1 unspecified atom stereocenters. The van der Waals surface area contributed by atoms with Gasteiger partial charge in [0, 0.05) is 0 Å². The molecular weight excluding hydrogens is 306 g/mol. The van der Waals surface area contributed by atoms with Gasteiger partial charge in [-0.1, -0.05) is 42.0 Å². The topological polar surface area (TPSA) is 85.1 Å². The molecular formula is C14H17N3O2S2. The molecule has 1 atom stereocenters. The second kappa shape index (κ2) is 5.75. The highest BCUT2D eigenvalue weighted by atomic mass is 32.2. The molecule has 7 heteroatoms. The summed E-state index contributed by atoms with van der Waals surface area (Å²) in [7, 11) is -3.67. The van der Waals surface area contributed by atoms with E-state index >= 15 is 0 Å². The Bertz CT molecular complexity index is 740. The van der Waals surface area contributed by atoms with Gasteiger partial charge in [-0.3, -0.25) is 0 Å². The molecule has 3 rings (SSSR count). The molecule has 1 aliphatic rings. The summed E-state index contributed by atoms with van der Waals surface area (Å²) in [4.78, 5) is 4.13. The molecule has 0 spiro atoms. The van der Waals surface area contributed by atoms with Crippen molar-refractivity contribution in [2.45, 2.75) is 35.9 Å². The van der Waals surface area contributed by atoms with Gasteiger partial charge < -0.3 is 5.32 Å². The third kappa shape index (κ3) is 3.25. The number of anilines is 1. The van der Waals surface area contributed by atoms with Crippen molar-refractivity contribution in [2.24, 2.45) is 5.14 Å². The first-order valence-electron chi connectivity index (χ1n) is 6.87. The van der Waals surface area contributed by atoms with Crippen molar-refractivity contribution in [3.8, 4) is 0 Å². The predicted octanol–water partition coefficient (Wildman–Crippen LogP) is 2.67. The number of nitrogens with zero attached hydrogens (tertiary/aromatic N) is 1. The molecule has 0 bridgehead atoms. The van der Waals surface area contributed by atoms with Crippen LogP contribution in [-0.4, -0.2) is 13.4 Å². The highest BCUT2D eigenvalue weighted by molar-refractivity contribution is 7.91. The molecule has 0 radical (unpaired) electrons. The second-order valence-electron chi connectivity index (χ2n) is 5.17. The van der Waals surface area contributed by atoms with Crippen molar-refractivity contribution in [1.82, 2.24) is 4.98 Å². The standard InChI is InChI=1S/C14H17N3O2S2/c15-21(18,19)13-9-16-14(20-13)17-12-8-4-2-6-10-5-1-3-7-11(10)12/h1,3,5,7,9,12H,2,4,6,8H2,(H,16,17)(H2,15,18,19). The van der Waals surface area contributed by atoms with E-state index in [0.29, 0.717) is 5.13 Å². The quantitative estimate of drug-likeness (QED) is 0.850. The van der Waals surface area contributed by atoms with Crippen LogP contribution in [0.3, 0.4) is 0 Å². The number of thiazole rings is 1. The van der Waals surface area contributed by atoms with Crippen molar-refractivity contribution in [2.75, 3.05) is 5.32 Å². The Morgan fingerprint density at radius 3 is 2.86 bits per heavy atom. The highest BCUT2D eigenvalue weighted by Crippen LogP contribution is 2.33. The maximum atomic E-state index is 11.3. The number of benzene rings is 1. The fourth-order valence-corrected chi connectivity index (χ4v) is 4.18. The minimum absolute atomic E-state index is 0.0897. The molecule has 21 heavy (non-hydrogen) atoms. The number of aromatic nitrogens is 1. The van der Waals surface area contributed by atoms with Crippen molar-refractivity contribution in [1.29, 1.82) is 0 Å². The largest absolute Gasteiger partial charge is 0.355 e. The van der Waals surface area contributed by atoms with E-state index in [4.69, 9.17) is 5.14 Å². The summed E-state index contributed by atoms with van der Waals surface area (Å²) in [6.07, 6.45) is 5.73. The van der Waals surface area contributed by atoms with Gasteiger partial charge >= 0.3 is 0 Å². The van der Waals surface area contributed by atoms with E-state index in [-0.39, 0.29) is 10.3 Å². The molecule has 0 saturated heterocycles. The Morgan fingerprint density at radius 1 is 1.29 bits per heavy atom. The third-order valence-corrected chi connectivity index (χ3v) is 6.02. The van der Waals surface area contributed by atoms with E-state index in [0.717, 1.165) is 30.6 Å². The van der Waals surface area contributed by atoms with Crippen LogP contribution in [0.25, 0.3) is 0 Å². The minimum Gasteiger partial charge on any atom is -0.355 e. The number of nitrogens with one attached hydrogen (secondary N) is 1. The van der Waals surface area contributed by atoms with Crippen LogP contribution in [0.15, 0.2) is 34.7 Å². The molecule has 0 saturated carbocycles. The van der Waals surface area contributed by atoms with Gasteiger partial charge in [0.25, 0.3) is 0 Å². The molecule has 0 fully saturated rings. The van der Waals surface area contributed by atoms with Crippen LogP contribution in [0, 0.1) is 0 Å². The first kappa shape index (κ1) is 14.5.